The molecule has 0 aliphatic rings. The minimum Gasteiger partial charge on any atom is -0.508 e. The third kappa shape index (κ3) is 5.46. The van der Waals surface area contributed by atoms with Gasteiger partial charge in [-0.1, -0.05) is 24.3 Å². The molecule has 0 aromatic heterocycles. The minimum atomic E-state index is -1.88. The molecule has 26 heavy (non-hydrogen) atoms. The van der Waals surface area contributed by atoms with E-state index in [9.17, 15) is 19.8 Å². The van der Waals surface area contributed by atoms with Crippen molar-refractivity contribution < 1.29 is 29.3 Å². The molecule has 1 aromatic rings. The van der Waals surface area contributed by atoms with E-state index in [0.29, 0.717) is 11.1 Å². The highest BCUT2D eigenvalue weighted by atomic mass is 16.6. The molecule has 0 atom stereocenters. The molecule has 1 aromatic carbocycles. The highest BCUT2D eigenvalue weighted by Gasteiger charge is 2.36. The van der Waals surface area contributed by atoms with Crippen LogP contribution in [0.2, 0.25) is 0 Å². The number of rotatable bonds is 7. The summed E-state index contributed by atoms with van der Waals surface area (Å²) in [6, 6.07) is 4.67. The Labute approximate surface area is 153 Å². The van der Waals surface area contributed by atoms with Crippen LogP contribution < -0.4 is 0 Å². The molecule has 6 heteroatoms. The number of allylic oxidation sites excluding steroid dienone is 2. The van der Waals surface area contributed by atoms with Gasteiger partial charge in [0.25, 0.3) is 0 Å². The largest absolute Gasteiger partial charge is 0.508 e. The molecular formula is C20H26O6. The summed E-state index contributed by atoms with van der Waals surface area (Å²) in [6.45, 7) is 7.38. The van der Waals surface area contributed by atoms with Crippen LogP contribution in [0.25, 0.3) is 0 Å². The summed E-state index contributed by atoms with van der Waals surface area (Å²) < 4.78 is 10.3. The van der Waals surface area contributed by atoms with Crippen LogP contribution in [0.1, 0.15) is 38.8 Å². The van der Waals surface area contributed by atoms with Crippen LogP contribution in [0.15, 0.2) is 41.5 Å². The molecule has 0 fully saturated rings. The maximum atomic E-state index is 11.9. The van der Waals surface area contributed by atoms with Crippen LogP contribution in [0.5, 0.6) is 5.75 Å². The van der Waals surface area contributed by atoms with Crippen molar-refractivity contribution in [1.82, 2.24) is 0 Å². The Bertz CT molecular complexity index is 696. The summed E-state index contributed by atoms with van der Waals surface area (Å²) in [4.78, 5) is 23.8. The van der Waals surface area contributed by atoms with Crippen LogP contribution >= 0.6 is 0 Å². The van der Waals surface area contributed by atoms with E-state index in [-0.39, 0.29) is 11.3 Å². The van der Waals surface area contributed by atoms with Gasteiger partial charge in [-0.3, -0.25) is 0 Å². The molecule has 0 spiro atoms. The number of hydrogen-bond donors (Lipinski definition) is 2. The highest BCUT2D eigenvalue weighted by Crippen LogP contribution is 2.31. The Morgan fingerprint density at radius 2 is 1.50 bits per heavy atom. The molecule has 0 unspecified atom stereocenters. The second-order valence-electron chi connectivity index (χ2n) is 6.15. The SMILES string of the molecule is CC=C(C)C(=O)OCC(O)(COC(=O)C(C)=CC)c1ccc(C)cc1O. The van der Waals surface area contributed by atoms with Crippen molar-refractivity contribution in [1.29, 1.82) is 0 Å². The summed E-state index contributed by atoms with van der Waals surface area (Å²) in [5.74, 6) is -1.38. The predicted molar refractivity (Wildman–Crippen MR) is 97.5 cm³/mol. The van der Waals surface area contributed by atoms with Gasteiger partial charge in [-0.15, -0.1) is 0 Å². The lowest BCUT2D eigenvalue weighted by molar-refractivity contribution is -0.159. The number of carbonyl (C=O) groups is 2. The second-order valence-corrected chi connectivity index (χ2v) is 6.15. The lowest BCUT2D eigenvalue weighted by Gasteiger charge is -2.28. The predicted octanol–water partition coefficient (Wildman–Crippen LogP) is 2.91. The third-order valence-corrected chi connectivity index (χ3v) is 4.05. The van der Waals surface area contributed by atoms with Crippen molar-refractivity contribution >= 4 is 11.9 Å². The molecule has 2 N–H and O–H groups in total. The van der Waals surface area contributed by atoms with Gasteiger partial charge in [0.15, 0.2) is 5.60 Å². The standard InChI is InChI=1S/C20H26O6/c1-6-14(4)18(22)25-11-20(24,12-26-19(23)15(5)7-2)16-9-8-13(3)10-17(16)21/h6-10,21,24H,11-12H2,1-5H3. The van der Waals surface area contributed by atoms with E-state index < -0.39 is 30.8 Å². The topological polar surface area (TPSA) is 93.1 Å². The van der Waals surface area contributed by atoms with Crippen LogP contribution in [-0.2, 0) is 24.7 Å². The fraction of sp³-hybridized carbons (Fsp3) is 0.400. The van der Waals surface area contributed by atoms with Crippen LogP contribution in [-0.4, -0.2) is 35.4 Å². The number of phenols is 1. The number of aromatic hydroxyl groups is 1. The van der Waals surface area contributed by atoms with E-state index in [1.807, 2.05) is 0 Å². The Morgan fingerprint density at radius 3 is 1.88 bits per heavy atom. The fourth-order valence-electron chi connectivity index (χ4n) is 2.07. The molecule has 0 aliphatic carbocycles. The van der Waals surface area contributed by atoms with Crippen molar-refractivity contribution in [2.45, 2.75) is 40.2 Å². The Balaban J connectivity index is 3.11. The molecule has 0 bridgehead atoms. The highest BCUT2D eigenvalue weighted by molar-refractivity contribution is 5.88. The van der Waals surface area contributed by atoms with Gasteiger partial charge in [-0.05, 0) is 46.2 Å². The molecule has 0 aliphatic heterocycles. The number of phenolic OH excluding ortho intramolecular Hbond substituents is 1. The third-order valence-electron chi connectivity index (χ3n) is 4.05. The monoisotopic (exact) mass is 362 g/mol. The summed E-state index contributed by atoms with van der Waals surface area (Å²) in [6.07, 6.45) is 3.17. The smallest absolute Gasteiger partial charge is 0.333 e. The maximum Gasteiger partial charge on any atom is 0.333 e. The molecule has 1 rings (SSSR count). The molecule has 0 heterocycles. The number of esters is 2. The van der Waals surface area contributed by atoms with Crippen LogP contribution in [0.4, 0.5) is 0 Å². The first-order valence-electron chi connectivity index (χ1n) is 8.27. The van der Waals surface area contributed by atoms with Crippen molar-refractivity contribution in [2.24, 2.45) is 0 Å². The lowest BCUT2D eigenvalue weighted by Crippen LogP contribution is -2.39. The molecular weight excluding hydrogens is 336 g/mol. The zero-order valence-electron chi connectivity index (χ0n) is 15.8. The number of hydrogen-bond acceptors (Lipinski definition) is 6. The first-order valence-corrected chi connectivity index (χ1v) is 8.27. The van der Waals surface area contributed by atoms with Crippen LogP contribution in [0.3, 0.4) is 0 Å². The Hall–Kier alpha value is -2.60. The van der Waals surface area contributed by atoms with Crippen molar-refractivity contribution in [3.8, 4) is 5.75 Å². The Kier molecular flexibility index (Phi) is 7.58. The van der Waals surface area contributed by atoms with Gasteiger partial charge in [0.1, 0.15) is 19.0 Å². The van der Waals surface area contributed by atoms with Gasteiger partial charge in [0.05, 0.1) is 0 Å². The number of ether oxygens (including phenoxy) is 2. The van der Waals surface area contributed by atoms with E-state index in [1.54, 1.807) is 52.8 Å². The summed E-state index contributed by atoms with van der Waals surface area (Å²) in [7, 11) is 0. The molecule has 0 radical (unpaired) electrons. The van der Waals surface area contributed by atoms with Gasteiger partial charge < -0.3 is 19.7 Å². The van der Waals surface area contributed by atoms with E-state index in [0.717, 1.165) is 5.56 Å². The van der Waals surface area contributed by atoms with Crippen molar-refractivity contribution in [3.63, 3.8) is 0 Å². The fourth-order valence-corrected chi connectivity index (χ4v) is 2.07. The number of carbonyl (C=O) groups excluding carboxylic acids is 2. The Morgan fingerprint density at radius 1 is 1.04 bits per heavy atom. The maximum absolute atomic E-state index is 11.9. The average Bonchev–Trinajstić information content (AvgIpc) is 2.62. The quantitative estimate of drug-likeness (QED) is 0.572. The van der Waals surface area contributed by atoms with Gasteiger partial charge in [-0.2, -0.15) is 0 Å². The zero-order valence-corrected chi connectivity index (χ0v) is 15.8. The normalized spacial score (nSPS) is 14.5. The van der Waals surface area contributed by atoms with E-state index in [4.69, 9.17) is 9.47 Å². The van der Waals surface area contributed by atoms with Crippen molar-refractivity contribution in [2.75, 3.05) is 13.2 Å². The zero-order chi connectivity index (χ0) is 19.9. The van der Waals surface area contributed by atoms with E-state index in [1.165, 1.54) is 12.1 Å². The van der Waals surface area contributed by atoms with Gasteiger partial charge in [-0.25, -0.2) is 9.59 Å². The van der Waals surface area contributed by atoms with Gasteiger partial charge >= 0.3 is 11.9 Å². The second kappa shape index (κ2) is 9.20. The van der Waals surface area contributed by atoms with Gasteiger partial charge in [0.2, 0.25) is 0 Å². The molecule has 142 valence electrons. The average molecular weight is 362 g/mol. The molecule has 0 amide bonds. The van der Waals surface area contributed by atoms with E-state index >= 15 is 0 Å². The van der Waals surface area contributed by atoms with Gasteiger partial charge in [0, 0.05) is 16.7 Å². The van der Waals surface area contributed by atoms with Crippen molar-refractivity contribution in [3.05, 3.63) is 52.6 Å². The first kappa shape index (κ1) is 21.4. The number of benzene rings is 1. The molecule has 0 saturated heterocycles. The lowest BCUT2D eigenvalue weighted by atomic mass is 9.93. The summed E-state index contributed by atoms with van der Waals surface area (Å²) in [5, 5.41) is 21.2. The molecule has 0 saturated carbocycles. The molecule has 6 nitrogen and oxygen atoms in total. The summed E-state index contributed by atoms with van der Waals surface area (Å²) >= 11 is 0. The first-order chi connectivity index (χ1) is 12.1. The number of aliphatic hydroxyl groups is 1. The van der Waals surface area contributed by atoms with Crippen LogP contribution in [0, 0.1) is 6.92 Å². The number of aryl methyl sites for hydroxylation is 1. The minimum absolute atomic E-state index is 0.111. The van der Waals surface area contributed by atoms with E-state index in [2.05, 4.69) is 0 Å². The summed E-state index contributed by atoms with van der Waals surface area (Å²) in [5.41, 5.74) is -0.230.